The van der Waals surface area contributed by atoms with Gasteiger partial charge in [0.2, 0.25) is 11.8 Å². The largest absolute Gasteiger partial charge is 0.504 e. The summed E-state index contributed by atoms with van der Waals surface area (Å²) >= 11 is 14.6. The Bertz CT molecular complexity index is 1530. The Hall–Kier alpha value is -3.43. The molecule has 2 heterocycles. The molecule has 0 aromatic heterocycles. The lowest BCUT2D eigenvalue weighted by atomic mass is 9.56. The van der Waals surface area contributed by atoms with Crippen LogP contribution in [0.25, 0.3) is 0 Å². The number of aromatic hydroxyl groups is 1. The number of amides is 4. The predicted octanol–water partition coefficient (Wildman–Crippen LogP) is 4.51. The molecule has 0 bridgehead atoms. The molecule has 0 spiro atoms. The zero-order chi connectivity index (χ0) is 29.4. The maximum Gasteiger partial charge on any atom is 0.258 e. The summed E-state index contributed by atoms with van der Waals surface area (Å²) in [6.45, 7) is 3.94. The average Bonchev–Trinajstić information content (AvgIpc) is 3.28. The van der Waals surface area contributed by atoms with Crippen molar-refractivity contribution in [1.29, 1.82) is 0 Å². The van der Waals surface area contributed by atoms with Crippen LogP contribution < -0.4 is 9.64 Å². The second kappa shape index (κ2) is 9.56. The van der Waals surface area contributed by atoms with E-state index in [4.69, 9.17) is 27.9 Å². The minimum atomic E-state index is -2.05. The first-order valence-electron chi connectivity index (χ1n) is 13.5. The maximum absolute atomic E-state index is 14.3. The third-order valence-electron chi connectivity index (χ3n) is 8.92. The summed E-state index contributed by atoms with van der Waals surface area (Å²) < 4.78 is 19.3. The van der Waals surface area contributed by atoms with Gasteiger partial charge in [-0.25, -0.2) is 9.29 Å². The van der Waals surface area contributed by atoms with Gasteiger partial charge in [-0.2, -0.15) is 0 Å². The summed E-state index contributed by atoms with van der Waals surface area (Å²) in [5.74, 6) is -5.77. The number of halogens is 3. The predicted molar refractivity (Wildman–Crippen MR) is 148 cm³/mol. The van der Waals surface area contributed by atoms with Crippen molar-refractivity contribution in [3.8, 4) is 11.5 Å². The summed E-state index contributed by atoms with van der Waals surface area (Å²) in [5.41, 5.74) is 1.19. The number of phenols is 1. The van der Waals surface area contributed by atoms with Gasteiger partial charge in [-0.05, 0) is 74.6 Å². The number of carbonyl (C=O) groups is 4. The molecular formula is C30H27Cl2FN2O6. The van der Waals surface area contributed by atoms with E-state index in [0.29, 0.717) is 11.1 Å². The maximum atomic E-state index is 14.3. The molecule has 0 radical (unpaired) electrons. The van der Waals surface area contributed by atoms with Crippen LogP contribution in [0.3, 0.4) is 0 Å². The van der Waals surface area contributed by atoms with Crippen LogP contribution >= 0.6 is 23.2 Å². The molecular weight excluding hydrogens is 574 g/mol. The quantitative estimate of drug-likeness (QED) is 0.307. The number of ether oxygens (including phenoxy) is 1. The lowest BCUT2D eigenvalue weighted by Crippen LogP contribution is -2.60. The van der Waals surface area contributed by atoms with Crippen molar-refractivity contribution in [2.45, 2.75) is 42.4 Å². The zero-order valence-corrected chi connectivity index (χ0v) is 23.8. The number of hydrogen-bond acceptors (Lipinski definition) is 6. The summed E-state index contributed by atoms with van der Waals surface area (Å²) in [6, 6.07) is 9.39. The van der Waals surface area contributed by atoms with E-state index in [9.17, 15) is 28.7 Å². The highest BCUT2D eigenvalue weighted by Gasteiger charge is 2.76. The Balaban J connectivity index is 1.57. The number of nitrogens with zero attached hydrogens (tertiary/aromatic N) is 2. The number of phenolic OH excluding ortho intramolecular Hbond substituents is 1. The lowest BCUT2D eigenvalue weighted by molar-refractivity contribution is -0.140. The van der Waals surface area contributed by atoms with E-state index < -0.39 is 51.1 Å². The smallest absolute Gasteiger partial charge is 0.258 e. The number of likely N-dealkylation sites (tertiary alicyclic amines) is 1. The van der Waals surface area contributed by atoms with Crippen molar-refractivity contribution in [3.05, 3.63) is 65.5 Å². The van der Waals surface area contributed by atoms with Crippen LogP contribution in [-0.4, -0.2) is 56.5 Å². The zero-order valence-electron chi connectivity index (χ0n) is 22.3. The van der Waals surface area contributed by atoms with Crippen molar-refractivity contribution in [2.75, 3.05) is 18.1 Å². The van der Waals surface area contributed by atoms with E-state index in [2.05, 4.69) is 0 Å². The fourth-order valence-electron chi connectivity index (χ4n) is 7.13. The van der Waals surface area contributed by atoms with E-state index in [1.165, 1.54) is 23.1 Å². The van der Waals surface area contributed by atoms with Gasteiger partial charge >= 0.3 is 0 Å². The van der Waals surface area contributed by atoms with Gasteiger partial charge in [-0.15, -0.1) is 23.2 Å². The van der Waals surface area contributed by atoms with Gasteiger partial charge in [0.15, 0.2) is 21.2 Å². The molecule has 8 nitrogen and oxygen atoms in total. The van der Waals surface area contributed by atoms with Gasteiger partial charge in [-0.1, -0.05) is 17.7 Å². The Labute approximate surface area is 245 Å². The Morgan fingerprint density at radius 3 is 2.37 bits per heavy atom. The van der Waals surface area contributed by atoms with Crippen molar-refractivity contribution in [3.63, 3.8) is 0 Å². The molecule has 4 amide bonds. The number of benzene rings is 2. The molecule has 6 atom stereocenters. The van der Waals surface area contributed by atoms with Gasteiger partial charge in [0.25, 0.3) is 11.8 Å². The molecule has 3 fully saturated rings. The van der Waals surface area contributed by atoms with E-state index in [-0.39, 0.29) is 55.0 Å². The van der Waals surface area contributed by atoms with E-state index in [0.717, 1.165) is 17.0 Å². The van der Waals surface area contributed by atoms with Crippen LogP contribution in [0.2, 0.25) is 0 Å². The standard InChI is InChI=1S/C30H27Cl2FN2O6/c1-3-34-25(37)19-11-10-18-20(23(19)26(34)38)14-29(31)27(39)35(17-8-6-16(33)7-9-17)28(40)30(29,32)24(18)15-5-12-21(36)22(13-15)41-4-2/h5-10,12-13,19-20,23-24,36H,3-4,11,14H2,1-2H3. The first kappa shape index (κ1) is 27.7. The summed E-state index contributed by atoms with van der Waals surface area (Å²) in [4.78, 5) is 53.2. The normalized spacial score (nSPS) is 32.6. The van der Waals surface area contributed by atoms with Crippen LogP contribution in [-0.2, 0) is 19.2 Å². The Morgan fingerprint density at radius 2 is 1.71 bits per heavy atom. The Kier molecular flexibility index (Phi) is 6.46. The number of allylic oxidation sites excluding steroid dienone is 2. The molecule has 214 valence electrons. The molecule has 6 rings (SSSR count). The van der Waals surface area contributed by atoms with E-state index in [1.54, 1.807) is 26.0 Å². The first-order valence-corrected chi connectivity index (χ1v) is 14.3. The molecule has 1 saturated carbocycles. The highest BCUT2D eigenvalue weighted by Crippen LogP contribution is 2.66. The van der Waals surface area contributed by atoms with Gasteiger partial charge in [0.05, 0.1) is 24.1 Å². The number of anilines is 1. The number of imide groups is 2. The fourth-order valence-corrected chi connectivity index (χ4v) is 8.07. The van der Waals surface area contributed by atoms with Crippen LogP contribution in [0.4, 0.5) is 10.1 Å². The molecule has 2 aliphatic heterocycles. The number of alkyl halides is 2. The Morgan fingerprint density at radius 1 is 1.00 bits per heavy atom. The monoisotopic (exact) mass is 600 g/mol. The van der Waals surface area contributed by atoms with Gasteiger partial charge in [0, 0.05) is 12.5 Å². The third kappa shape index (κ3) is 3.64. The number of rotatable bonds is 5. The molecule has 11 heteroatoms. The van der Waals surface area contributed by atoms with Gasteiger partial charge in [-0.3, -0.25) is 24.1 Å². The molecule has 4 aliphatic rings. The average molecular weight is 601 g/mol. The van der Waals surface area contributed by atoms with Crippen LogP contribution in [0, 0.1) is 23.6 Å². The van der Waals surface area contributed by atoms with Crippen LogP contribution in [0.5, 0.6) is 11.5 Å². The summed E-state index contributed by atoms with van der Waals surface area (Å²) in [6.07, 6.45) is 1.94. The van der Waals surface area contributed by atoms with Crippen molar-refractivity contribution < 1.29 is 33.4 Å². The van der Waals surface area contributed by atoms with Gasteiger partial charge < -0.3 is 9.84 Å². The van der Waals surface area contributed by atoms with Crippen LogP contribution in [0.1, 0.15) is 38.2 Å². The van der Waals surface area contributed by atoms with E-state index >= 15 is 0 Å². The topological polar surface area (TPSA) is 104 Å². The molecule has 2 aromatic rings. The van der Waals surface area contributed by atoms with Crippen LogP contribution in [0.15, 0.2) is 54.1 Å². The van der Waals surface area contributed by atoms with Crippen molar-refractivity contribution in [1.82, 2.24) is 4.90 Å². The second-order valence-electron chi connectivity index (χ2n) is 10.8. The van der Waals surface area contributed by atoms with E-state index in [1.807, 2.05) is 6.08 Å². The lowest BCUT2D eigenvalue weighted by Gasteiger charge is -2.50. The van der Waals surface area contributed by atoms with Gasteiger partial charge in [0.1, 0.15) is 5.82 Å². The minimum absolute atomic E-state index is 0.106. The van der Waals surface area contributed by atoms with Crippen molar-refractivity contribution >= 4 is 52.5 Å². The molecule has 2 saturated heterocycles. The summed E-state index contributed by atoms with van der Waals surface area (Å²) in [7, 11) is 0. The number of carbonyl (C=O) groups excluding carboxylic acids is 4. The number of fused-ring (bicyclic) bond motifs is 4. The third-order valence-corrected chi connectivity index (χ3v) is 10.3. The second-order valence-corrected chi connectivity index (χ2v) is 12.1. The first-order chi connectivity index (χ1) is 19.5. The molecule has 2 aliphatic carbocycles. The highest BCUT2D eigenvalue weighted by molar-refractivity contribution is 6.58. The van der Waals surface area contributed by atoms with Crippen molar-refractivity contribution in [2.24, 2.45) is 17.8 Å². The molecule has 2 aromatic carbocycles. The summed E-state index contributed by atoms with van der Waals surface area (Å²) in [5, 5.41) is 10.4. The molecule has 41 heavy (non-hydrogen) atoms. The molecule has 6 unspecified atom stereocenters. The fraction of sp³-hybridized carbons (Fsp3) is 0.400. The SMILES string of the molecule is CCOc1cc(C2C3=CCC4C(=O)N(CC)C(=O)C4C3CC3(Cl)C(=O)N(c4ccc(F)cc4)C(=O)C23Cl)ccc1O. The highest BCUT2D eigenvalue weighted by atomic mass is 35.5. The number of hydrogen-bond donors (Lipinski definition) is 1. The minimum Gasteiger partial charge on any atom is -0.504 e. The molecule has 1 N–H and O–H groups in total.